The third-order valence-electron chi connectivity index (χ3n) is 4.17. The van der Waals surface area contributed by atoms with E-state index in [-0.39, 0.29) is 29.9 Å². The number of benzene rings is 1. The van der Waals surface area contributed by atoms with E-state index >= 15 is 0 Å². The van der Waals surface area contributed by atoms with Gasteiger partial charge >= 0.3 is 0 Å². The molecule has 0 bridgehead atoms. The van der Waals surface area contributed by atoms with Crippen LogP contribution in [0, 0.1) is 0 Å². The Labute approximate surface area is 145 Å². The third kappa shape index (κ3) is 3.79. The molecule has 3 rings (SSSR count). The molecule has 0 spiro atoms. The van der Waals surface area contributed by atoms with Gasteiger partial charge in [-0.2, -0.15) is 0 Å². The molecule has 0 aliphatic carbocycles. The lowest BCUT2D eigenvalue weighted by Crippen LogP contribution is -2.38. The average Bonchev–Trinajstić information content (AvgIpc) is 3.13. The van der Waals surface area contributed by atoms with E-state index in [1.54, 1.807) is 25.2 Å². The first-order chi connectivity index (χ1) is 11.3. The Kier molecular flexibility index (Phi) is 4.64. The van der Waals surface area contributed by atoms with Crippen molar-refractivity contribution in [1.82, 2.24) is 10.1 Å². The van der Waals surface area contributed by atoms with E-state index in [2.05, 4.69) is 5.16 Å². The largest absolute Gasteiger partial charge is 0.356 e. The Hall–Kier alpha value is -1.86. The van der Waals surface area contributed by atoms with Crippen molar-refractivity contribution in [3.63, 3.8) is 0 Å². The minimum Gasteiger partial charge on any atom is -0.356 e. The number of nitrogens with zero attached hydrogens (tertiary/aromatic N) is 2. The molecule has 0 N–H and O–H groups in total. The maximum absolute atomic E-state index is 12.3. The Morgan fingerprint density at radius 2 is 2.08 bits per heavy atom. The van der Waals surface area contributed by atoms with Crippen LogP contribution in [-0.4, -0.2) is 49.0 Å². The molecule has 1 aromatic heterocycles. The van der Waals surface area contributed by atoms with Crippen molar-refractivity contribution in [1.29, 1.82) is 0 Å². The molecule has 6 nitrogen and oxygen atoms in total. The second-order valence-electron chi connectivity index (χ2n) is 5.93. The molecule has 1 amide bonds. The van der Waals surface area contributed by atoms with Crippen molar-refractivity contribution >= 4 is 27.3 Å². The van der Waals surface area contributed by atoms with Crippen molar-refractivity contribution in [2.45, 2.75) is 18.9 Å². The van der Waals surface area contributed by atoms with E-state index in [0.29, 0.717) is 22.9 Å². The highest BCUT2D eigenvalue weighted by Gasteiger charge is 2.32. The summed E-state index contributed by atoms with van der Waals surface area (Å²) in [6.45, 7) is 0. The summed E-state index contributed by atoms with van der Waals surface area (Å²) in [7, 11) is -1.39. The SMILES string of the molecule is CN(C(=O)Cc1cc(-c2ccc(Cl)cc2)on1)C1CCS(=O)(=O)C1. The van der Waals surface area contributed by atoms with E-state index < -0.39 is 9.84 Å². The summed E-state index contributed by atoms with van der Waals surface area (Å²) in [5.41, 5.74) is 1.33. The van der Waals surface area contributed by atoms with Crippen molar-refractivity contribution < 1.29 is 17.7 Å². The van der Waals surface area contributed by atoms with Crippen LogP contribution in [0.1, 0.15) is 12.1 Å². The van der Waals surface area contributed by atoms with Gasteiger partial charge in [0.15, 0.2) is 15.6 Å². The van der Waals surface area contributed by atoms with Gasteiger partial charge in [-0.3, -0.25) is 4.79 Å². The monoisotopic (exact) mass is 368 g/mol. The molecule has 1 unspecified atom stereocenters. The zero-order valence-electron chi connectivity index (χ0n) is 13.1. The molecule has 0 radical (unpaired) electrons. The van der Waals surface area contributed by atoms with E-state index in [9.17, 15) is 13.2 Å². The number of carbonyl (C=O) groups excluding carboxylic acids is 1. The van der Waals surface area contributed by atoms with Crippen LogP contribution in [0.25, 0.3) is 11.3 Å². The van der Waals surface area contributed by atoms with Gasteiger partial charge in [0.25, 0.3) is 0 Å². The highest BCUT2D eigenvalue weighted by molar-refractivity contribution is 7.91. The summed E-state index contributed by atoms with van der Waals surface area (Å²) >= 11 is 5.85. The molecule has 2 heterocycles. The molecule has 1 atom stereocenters. The van der Waals surface area contributed by atoms with E-state index in [1.807, 2.05) is 12.1 Å². The standard InChI is InChI=1S/C16H17ClN2O4S/c1-19(14-6-7-24(21,22)10-14)16(20)9-13-8-15(23-18-13)11-2-4-12(17)5-3-11/h2-5,8,14H,6-7,9-10H2,1H3. The number of aromatic nitrogens is 1. The van der Waals surface area contributed by atoms with Crippen LogP contribution in [0.15, 0.2) is 34.9 Å². The number of hydrogen-bond acceptors (Lipinski definition) is 5. The second kappa shape index (κ2) is 6.57. The Balaban J connectivity index is 1.66. The topological polar surface area (TPSA) is 80.5 Å². The lowest BCUT2D eigenvalue weighted by Gasteiger charge is -2.22. The predicted molar refractivity (Wildman–Crippen MR) is 90.5 cm³/mol. The molecule has 24 heavy (non-hydrogen) atoms. The van der Waals surface area contributed by atoms with Gasteiger partial charge in [-0.1, -0.05) is 16.8 Å². The molecule has 1 aliphatic heterocycles. The highest BCUT2D eigenvalue weighted by Crippen LogP contribution is 2.23. The molecule has 1 saturated heterocycles. The predicted octanol–water partition coefficient (Wildman–Crippen LogP) is 2.18. The van der Waals surface area contributed by atoms with Crippen LogP contribution in [0.4, 0.5) is 0 Å². The van der Waals surface area contributed by atoms with E-state index in [0.717, 1.165) is 5.56 Å². The summed E-state index contributed by atoms with van der Waals surface area (Å²) in [4.78, 5) is 13.8. The van der Waals surface area contributed by atoms with Gasteiger partial charge in [0.05, 0.1) is 23.6 Å². The zero-order valence-corrected chi connectivity index (χ0v) is 14.7. The number of likely N-dealkylation sites (N-methyl/N-ethyl adjacent to an activating group) is 1. The quantitative estimate of drug-likeness (QED) is 0.826. The van der Waals surface area contributed by atoms with Gasteiger partial charge in [-0.15, -0.1) is 0 Å². The smallest absolute Gasteiger partial charge is 0.228 e. The minimum atomic E-state index is -3.02. The molecule has 1 aliphatic rings. The lowest BCUT2D eigenvalue weighted by molar-refractivity contribution is -0.130. The molecule has 1 fully saturated rings. The van der Waals surface area contributed by atoms with Crippen molar-refractivity contribution in [3.8, 4) is 11.3 Å². The number of sulfone groups is 1. The maximum Gasteiger partial charge on any atom is 0.228 e. The van der Waals surface area contributed by atoms with Crippen LogP contribution in [-0.2, 0) is 21.1 Å². The fourth-order valence-corrected chi connectivity index (χ4v) is 4.61. The van der Waals surface area contributed by atoms with E-state index in [1.165, 1.54) is 4.90 Å². The van der Waals surface area contributed by atoms with Crippen molar-refractivity contribution in [3.05, 3.63) is 41.0 Å². The summed E-state index contributed by atoms with van der Waals surface area (Å²) in [6, 6.07) is 8.57. The van der Waals surface area contributed by atoms with Gasteiger partial charge < -0.3 is 9.42 Å². The first kappa shape index (κ1) is 17.0. The number of halogens is 1. The average molecular weight is 369 g/mol. The lowest BCUT2D eigenvalue weighted by atomic mass is 10.1. The summed E-state index contributed by atoms with van der Waals surface area (Å²) < 4.78 is 28.3. The summed E-state index contributed by atoms with van der Waals surface area (Å²) in [6.07, 6.45) is 0.559. The van der Waals surface area contributed by atoms with Crippen LogP contribution in [0.5, 0.6) is 0 Å². The molecule has 8 heteroatoms. The van der Waals surface area contributed by atoms with Crippen LogP contribution < -0.4 is 0 Å². The van der Waals surface area contributed by atoms with Crippen molar-refractivity contribution in [2.75, 3.05) is 18.6 Å². The molecule has 0 saturated carbocycles. The van der Waals surface area contributed by atoms with Crippen molar-refractivity contribution in [2.24, 2.45) is 0 Å². The second-order valence-corrected chi connectivity index (χ2v) is 8.59. The molecule has 128 valence electrons. The van der Waals surface area contributed by atoms with Crippen LogP contribution >= 0.6 is 11.6 Å². The molecular weight excluding hydrogens is 352 g/mol. The normalized spacial score (nSPS) is 19.3. The van der Waals surface area contributed by atoms with Gasteiger partial charge in [-0.25, -0.2) is 8.42 Å². The first-order valence-corrected chi connectivity index (χ1v) is 9.71. The van der Waals surface area contributed by atoms with Crippen LogP contribution in [0.2, 0.25) is 5.02 Å². The fourth-order valence-electron chi connectivity index (χ4n) is 2.71. The van der Waals surface area contributed by atoms with E-state index in [4.69, 9.17) is 16.1 Å². The Morgan fingerprint density at radius 3 is 2.71 bits per heavy atom. The number of rotatable bonds is 4. The Bertz CT molecular complexity index is 845. The number of hydrogen-bond donors (Lipinski definition) is 0. The number of amides is 1. The highest BCUT2D eigenvalue weighted by atomic mass is 35.5. The first-order valence-electron chi connectivity index (χ1n) is 7.52. The van der Waals surface area contributed by atoms with Crippen LogP contribution in [0.3, 0.4) is 0 Å². The Morgan fingerprint density at radius 1 is 1.38 bits per heavy atom. The fraction of sp³-hybridized carbons (Fsp3) is 0.375. The van der Waals surface area contributed by atoms with Gasteiger partial charge in [-0.05, 0) is 30.7 Å². The molecule has 2 aromatic rings. The van der Waals surface area contributed by atoms with Gasteiger partial charge in [0.2, 0.25) is 5.91 Å². The summed E-state index contributed by atoms with van der Waals surface area (Å²) in [5, 5.41) is 4.55. The minimum absolute atomic E-state index is 0.0318. The number of carbonyl (C=O) groups is 1. The van der Waals surface area contributed by atoms with Gasteiger partial charge in [0, 0.05) is 29.7 Å². The maximum atomic E-state index is 12.3. The van der Waals surface area contributed by atoms with Gasteiger partial charge in [0.1, 0.15) is 0 Å². The molecular formula is C16H17ClN2O4S. The summed E-state index contributed by atoms with van der Waals surface area (Å²) in [5.74, 6) is 0.554. The molecule has 1 aromatic carbocycles. The third-order valence-corrected chi connectivity index (χ3v) is 6.17. The zero-order chi connectivity index (χ0) is 17.3.